The van der Waals surface area contributed by atoms with Gasteiger partial charge in [0.1, 0.15) is 4.87 Å². The Hall–Kier alpha value is -1.28. The lowest BCUT2D eigenvalue weighted by Gasteiger charge is -2.21. The molecule has 0 spiro atoms. The highest BCUT2D eigenvalue weighted by Gasteiger charge is 2.47. The Morgan fingerprint density at radius 3 is 2.62 bits per heavy atom. The summed E-state index contributed by atoms with van der Waals surface area (Å²) in [4.78, 5) is 13.6. The van der Waals surface area contributed by atoms with Crippen molar-refractivity contribution in [1.29, 1.82) is 0 Å². The van der Waals surface area contributed by atoms with Gasteiger partial charge in [0.25, 0.3) is 0 Å². The summed E-state index contributed by atoms with van der Waals surface area (Å²) in [6.07, 6.45) is 5.20. The predicted molar refractivity (Wildman–Crippen MR) is 88.3 cm³/mol. The quantitative estimate of drug-likeness (QED) is 0.411. The van der Waals surface area contributed by atoms with Crippen molar-refractivity contribution in [1.82, 2.24) is 4.90 Å². The average Bonchev–Trinajstić information content (AvgIpc) is 2.70. The zero-order valence-corrected chi connectivity index (χ0v) is 13.5. The van der Waals surface area contributed by atoms with E-state index in [-0.39, 0.29) is 5.91 Å². The first-order valence-electron chi connectivity index (χ1n) is 7.78. The first kappa shape index (κ1) is 16.1. The van der Waals surface area contributed by atoms with Crippen LogP contribution in [0, 0.1) is 0 Å². The number of likely N-dealkylation sites (tertiary alicyclic amines) is 1. The molecule has 1 aliphatic rings. The minimum absolute atomic E-state index is 0.0227. The monoisotopic (exact) mass is 305 g/mol. The molecule has 21 heavy (non-hydrogen) atoms. The van der Waals surface area contributed by atoms with Crippen LogP contribution < -0.4 is 0 Å². The van der Waals surface area contributed by atoms with Crippen LogP contribution in [0.1, 0.15) is 44.6 Å². The van der Waals surface area contributed by atoms with Gasteiger partial charge in [0.05, 0.1) is 0 Å². The predicted octanol–water partition coefficient (Wildman–Crippen LogP) is 4.53. The number of carbonyl (C=O) groups is 1. The molecular formula is C18H24ClNO. The van der Waals surface area contributed by atoms with Gasteiger partial charge < -0.3 is 4.90 Å². The van der Waals surface area contributed by atoms with Gasteiger partial charge in [-0.15, -0.1) is 11.6 Å². The molecule has 2 nitrogen and oxygen atoms in total. The molecule has 0 saturated carbocycles. The molecule has 0 radical (unpaired) electrons. The largest absolute Gasteiger partial charge is 0.332 e. The van der Waals surface area contributed by atoms with Gasteiger partial charge in [0.15, 0.2) is 0 Å². The van der Waals surface area contributed by atoms with Crippen LogP contribution in [0.4, 0.5) is 0 Å². The molecular weight excluding hydrogens is 282 g/mol. The molecule has 0 bridgehead atoms. The maximum Gasteiger partial charge on any atom is 0.248 e. The number of hydrogen-bond donors (Lipinski definition) is 0. The molecule has 1 aromatic rings. The smallest absolute Gasteiger partial charge is 0.248 e. The number of amides is 1. The topological polar surface area (TPSA) is 20.3 Å². The Balaban J connectivity index is 1.98. The minimum Gasteiger partial charge on any atom is -0.332 e. The van der Waals surface area contributed by atoms with Crippen molar-refractivity contribution < 1.29 is 4.79 Å². The van der Waals surface area contributed by atoms with Crippen LogP contribution >= 0.6 is 11.6 Å². The van der Waals surface area contributed by atoms with E-state index in [4.69, 9.17) is 11.6 Å². The van der Waals surface area contributed by atoms with E-state index < -0.39 is 4.87 Å². The summed E-state index contributed by atoms with van der Waals surface area (Å²) >= 11 is 6.62. The van der Waals surface area contributed by atoms with E-state index in [1.165, 1.54) is 12.8 Å². The van der Waals surface area contributed by atoms with E-state index in [9.17, 15) is 4.79 Å². The third kappa shape index (κ3) is 3.68. The Kier molecular flexibility index (Phi) is 5.46. The third-order valence-corrected chi connectivity index (χ3v) is 4.78. The molecule has 1 heterocycles. The van der Waals surface area contributed by atoms with Crippen LogP contribution in [-0.2, 0) is 11.3 Å². The summed E-state index contributed by atoms with van der Waals surface area (Å²) in [5.41, 5.74) is 1.98. The van der Waals surface area contributed by atoms with Crippen molar-refractivity contribution in [3.8, 4) is 0 Å². The molecule has 0 N–H and O–H groups in total. The fourth-order valence-corrected chi connectivity index (χ4v) is 3.15. The minimum atomic E-state index is -0.872. The van der Waals surface area contributed by atoms with E-state index in [0.29, 0.717) is 19.5 Å². The molecule has 1 fully saturated rings. The van der Waals surface area contributed by atoms with Crippen molar-refractivity contribution in [3.63, 3.8) is 0 Å². The highest BCUT2D eigenvalue weighted by molar-refractivity contribution is 6.38. The Labute approximate surface area is 132 Å². The van der Waals surface area contributed by atoms with E-state index in [2.05, 4.69) is 13.5 Å². The molecule has 1 aliphatic heterocycles. The van der Waals surface area contributed by atoms with Gasteiger partial charge in [-0.3, -0.25) is 4.79 Å². The maximum absolute atomic E-state index is 12.6. The zero-order chi connectivity index (χ0) is 15.3. The highest BCUT2D eigenvalue weighted by Crippen LogP contribution is 2.38. The summed E-state index contributed by atoms with van der Waals surface area (Å²) in [7, 11) is 0. The molecule has 1 aromatic carbocycles. The fraction of sp³-hybridized carbons (Fsp3) is 0.500. The molecule has 1 saturated heterocycles. The number of hydrogen-bond acceptors (Lipinski definition) is 1. The summed E-state index contributed by atoms with van der Waals surface area (Å²) in [5.74, 6) is 0.0227. The van der Waals surface area contributed by atoms with Crippen molar-refractivity contribution in [3.05, 3.63) is 48.0 Å². The normalized spacial score (nSPS) is 22.1. The van der Waals surface area contributed by atoms with Gasteiger partial charge in [-0.2, -0.15) is 0 Å². The molecule has 114 valence electrons. The Morgan fingerprint density at radius 1 is 1.24 bits per heavy atom. The number of nitrogens with zero attached hydrogens (tertiary/aromatic N) is 1. The molecule has 1 unspecified atom stereocenters. The molecule has 0 aliphatic carbocycles. The van der Waals surface area contributed by atoms with Gasteiger partial charge in [0.2, 0.25) is 5.91 Å². The van der Waals surface area contributed by atoms with Crippen molar-refractivity contribution in [2.45, 2.75) is 50.4 Å². The number of unbranched alkanes of at least 4 members (excludes halogenated alkanes) is 3. The van der Waals surface area contributed by atoms with Crippen LogP contribution in [0.15, 0.2) is 42.5 Å². The van der Waals surface area contributed by atoms with Gasteiger partial charge in [-0.1, -0.05) is 69.5 Å². The van der Waals surface area contributed by atoms with E-state index in [1.807, 2.05) is 35.2 Å². The second kappa shape index (κ2) is 7.13. The van der Waals surface area contributed by atoms with E-state index in [1.54, 1.807) is 0 Å². The molecule has 1 atom stereocenters. The number of carbonyl (C=O) groups excluding carboxylic acids is 1. The van der Waals surface area contributed by atoms with Crippen LogP contribution in [0.3, 0.4) is 0 Å². The van der Waals surface area contributed by atoms with Crippen molar-refractivity contribution in [2.75, 3.05) is 6.54 Å². The highest BCUT2D eigenvalue weighted by atomic mass is 35.5. The second-order valence-corrected chi connectivity index (χ2v) is 6.51. The lowest BCUT2D eigenvalue weighted by molar-refractivity contribution is -0.130. The molecule has 0 aromatic heterocycles. The van der Waals surface area contributed by atoms with E-state index >= 15 is 0 Å². The Bertz CT molecular complexity index is 499. The zero-order valence-electron chi connectivity index (χ0n) is 12.8. The van der Waals surface area contributed by atoms with E-state index in [0.717, 1.165) is 24.0 Å². The summed E-state index contributed by atoms with van der Waals surface area (Å²) in [6, 6.07) is 10.0. The van der Waals surface area contributed by atoms with Gasteiger partial charge >= 0.3 is 0 Å². The fourth-order valence-electron chi connectivity index (χ4n) is 2.84. The van der Waals surface area contributed by atoms with Crippen LogP contribution in [0.2, 0.25) is 0 Å². The first-order valence-corrected chi connectivity index (χ1v) is 8.16. The number of alkyl halides is 1. The van der Waals surface area contributed by atoms with Crippen LogP contribution in [0.5, 0.6) is 0 Å². The van der Waals surface area contributed by atoms with Gasteiger partial charge in [0, 0.05) is 13.1 Å². The molecule has 1 amide bonds. The lowest BCUT2D eigenvalue weighted by atomic mass is 9.95. The second-order valence-electron chi connectivity index (χ2n) is 5.86. The first-order chi connectivity index (χ1) is 10.1. The summed E-state index contributed by atoms with van der Waals surface area (Å²) in [5, 5.41) is 0. The van der Waals surface area contributed by atoms with Gasteiger partial charge in [-0.25, -0.2) is 0 Å². The van der Waals surface area contributed by atoms with Crippen LogP contribution in [-0.4, -0.2) is 22.2 Å². The summed E-state index contributed by atoms with van der Waals surface area (Å²) < 4.78 is 0. The van der Waals surface area contributed by atoms with Crippen LogP contribution in [0.25, 0.3) is 0 Å². The average molecular weight is 306 g/mol. The SMILES string of the molecule is C=C1CN(Cc2ccccc2)C(=O)C1(Cl)CCCCCC. The number of benzene rings is 1. The maximum atomic E-state index is 12.6. The Morgan fingerprint density at radius 2 is 1.95 bits per heavy atom. The summed E-state index contributed by atoms with van der Waals surface area (Å²) in [6.45, 7) is 7.42. The molecule has 3 heteroatoms. The number of rotatable bonds is 7. The standard InChI is InChI=1S/C18H24ClNO/c1-3-4-5-9-12-18(19)15(2)13-20(17(18)21)14-16-10-7-6-8-11-16/h6-8,10-11H,2-5,9,12-14H2,1H3. The van der Waals surface area contributed by atoms with Gasteiger partial charge in [-0.05, 0) is 17.6 Å². The van der Waals surface area contributed by atoms with Crippen molar-refractivity contribution >= 4 is 17.5 Å². The van der Waals surface area contributed by atoms with Crippen molar-refractivity contribution in [2.24, 2.45) is 0 Å². The lowest BCUT2D eigenvalue weighted by Crippen LogP contribution is -2.35. The number of halogens is 1. The third-order valence-electron chi connectivity index (χ3n) is 4.16. The molecule has 2 rings (SSSR count).